The van der Waals surface area contributed by atoms with Gasteiger partial charge in [0.1, 0.15) is 24.1 Å². The molecule has 0 unspecified atom stereocenters. The number of nitrogens with one attached hydrogen (secondary N) is 1. The second kappa shape index (κ2) is 17.3. The fourth-order valence-corrected chi connectivity index (χ4v) is 2.93. The van der Waals surface area contributed by atoms with Crippen LogP contribution in [0.3, 0.4) is 0 Å². The van der Waals surface area contributed by atoms with Crippen LogP contribution in [0.2, 0.25) is 0 Å². The Balaban J connectivity index is 0.000000966. The molecule has 6 N–H and O–H groups in total. The summed E-state index contributed by atoms with van der Waals surface area (Å²) in [5, 5.41) is 9.88. The van der Waals surface area contributed by atoms with Crippen molar-refractivity contribution in [3.8, 4) is 28.5 Å². The van der Waals surface area contributed by atoms with E-state index in [2.05, 4.69) is 20.3 Å². The highest BCUT2D eigenvalue weighted by atomic mass is 19.1. The second-order valence-corrected chi connectivity index (χ2v) is 8.08. The molecule has 208 valence electrons. The van der Waals surface area contributed by atoms with Crippen molar-refractivity contribution >= 4 is 24.8 Å². The zero-order chi connectivity index (χ0) is 29.3. The summed E-state index contributed by atoms with van der Waals surface area (Å²) >= 11 is 0. The summed E-state index contributed by atoms with van der Waals surface area (Å²) in [5.41, 5.74) is 12.7. The maximum Gasteiger partial charge on any atom is 0.290 e. The molecule has 0 radical (unpaired) electrons. The Labute approximate surface area is 221 Å². The third-order valence-corrected chi connectivity index (χ3v) is 4.63. The molecular formula is C26H36F2N6O4. The van der Waals surface area contributed by atoms with Crippen LogP contribution in [0.15, 0.2) is 36.5 Å². The van der Waals surface area contributed by atoms with Crippen molar-refractivity contribution < 1.29 is 28.2 Å². The van der Waals surface area contributed by atoms with E-state index in [0.29, 0.717) is 42.8 Å². The lowest BCUT2D eigenvalue weighted by Gasteiger charge is -2.12. The molecule has 0 saturated heterocycles. The van der Waals surface area contributed by atoms with Gasteiger partial charge in [-0.2, -0.15) is 4.98 Å². The summed E-state index contributed by atoms with van der Waals surface area (Å²) in [4.78, 5) is 29.7. The van der Waals surface area contributed by atoms with Crippen molar-refractivity contribution in [2.75, 3.05) is 31.2 Å². The van der Waals surface area contributed by atoms with Crippen LogP contribution >= 0.6 is 0 Å². The zero-order valence-electron chi connectivity index (χ0n) is 22.3. The Morgan fingerprint density at radius 1 is 1.21 bits per heavy atom. The van der Waals surface area contributed by atoms with E-state index in [0.717, 1.165) is 16.7 Å². The number of benzene rings is 1. The maximum absolute atomic E-state index is 13.7. The highest BCUT2D eigenvalue weighted by Crippen LogP contribution is 2.30. The van der Waals surface area contributed by atoms with Crippen molar-refractivity contribution in [3.05, 3.63) is 47.9 Å². The van der Waals surface area contributed by atoms with Gasteiger partial charge in [-0.3, -0.25) is 4.79 Å². The van der Waals surface area contributed by atoms with Crippen LogP contribution in [-0.2, 0) is 9.59 Å². The van der Waals surface area contributed by atoms with Crippen LogP contribution in [0.1, 0.15) is 32.8 Å². The first-order chi connectivity index (χ1) is 18.0. The molecular weight excluding hydrogens is 498 g/mol. The predicted octanol–water partition coefficient (Wildman–Crippen LogP) is 4.27. The Morgan fingerprint density at radius 3 is 2.34 bits per heavy atom. The van der Waals surface area contributed by atoms with Gasteiger partial charge in [0.2, 0.25) is 5.88 Å². The predicted molar refractivity (Wildman–Crippen MR) is 145 cm³/mol. The Bertz CT molecular complexity index is 1140. The average molecular weight is 535 g/mol. The second-order valence-electron chi connectivity index (χ2n) is 8.08. The number of carbonyl (C=O) groups excluding carboxylic acids is 1. The van der Waals surface area contributed by atoms with Gasteiger partial charge < -0.3 is 31.4 Å². The van der Waals surface area contributed by atoms with Gasteiger partial charge in [0.15, 0.2) is 5.82 Å². The standard InChI is InChI=1S/C19H20FN5O.C5H12FN.CH2O2.CH2O/c1-4-26-18-10-16(13-9-15(21)14(20)7-11(13)2)24-19(25-18)12-5-6-23-17(8-12)22-3;1-5(2,6)3-4-7;2-1-3;1-2/h5-10H,4,21H2,1-3H3,(H,22,23);3-4,7H2,1-2H3;1H,(H,2,3);1H2. The molecule has 2 aromatic heterocycles. The number of alkyl halides is 1. The summed E-state index contributed by atoms with van der Waals surface area (Å²) in [6, 6.07) is 8.38. The number of pyridine rings is 1. The largest absolute Gasteiger partial charge is 0.483 e. The molecule has 0 saturated carbocycles. The third kappa shape index (κ3) is 11.7. The number of rotatable bonds is 7. The van der Waals surface area contributed by atoms with E-state index < -0.39 is 11.5 Å². The molecule has 0 aliphatic heterocycles. The molecule has 12 heteroatoms. The summed E-state index contributed by atoms with van der Waals surface area (Å²) < 4.78 is 31.6. The molecule has 0 bridgehead atoms. The molecule has 0 atom stereocenters. The van der Waals surface area contributed by atoms with Crippen LogP contribution in [0, 0.1) is 12.7 Å². The first-order valence-corrected chi connectivity index (χ1v) is 11.5. The third-order valence-electron chi connectivity index (χ3n) is 4.63. The van der Waals surface area contributed by atoms with Crippen molar-refractivity contribution in [1.29, 1.82) is 0 Å². The lowest BCUT2D eigenvalue weighted by molar-refractivity contribution is -0.122. The highest BCUT2D eigenvalue weighted by Gasteiger charge is 2.14. The molecule has 0 aliphatic carbocycles. The monoisotopic (exact) mass is 534 g/mol. The lowest BCUT2D eigenvalue weighted by Crippen LogP contribution is -2.17. The van der Waals surface area contributed by atoms with Gasteiger partial charge in [-0.1, -0.05) is 0 Å². The Kier molecular flexibility index (Phi) is 15.4. The Morgan fingerprint density at radius 2 is 1.84 bits per heavy atom. The number of ether oxygens (including phenoxy) is 1. The zero-order valence-corrected chi connectivity index (χ0v) is 22.3. The van der Waals surface area contributed by atoms with E-state index in [1.807, 2.05) is 32.8 Å². The topological polar surface area (TPSA) is 166 Å². The fourth-order valence-electron chi connectivity index (χ4n) is 2.93. The van der Waals surface area contributed by atoms with Crippen molar-refractivity contribution in [2.45, 2.75) is 39.8 Å². The molecule has 38 heavy (non-hydrogen) atoms. The SMILES string of the molecule is C=O.CC(C)(F)CCN.CCOc1cc(-c2cc(N)c(F)cc2C)nc(-c2ccnc(NC)c2)n1.O=CO. The number of hydrogen-bond donors (Lipinski definition) is 4. The molecule has 0 fully saturated rings. The van der Waals surface area contributed by atoms with E-state index in [4.69, 9.17) is 30.9 Å². The van der Waals surface area contributed by atoms with Gasteiger partial charge in [-0.05, 0) is 70.5 Å². The maximum atomic E-state index is 13.7. The van der Waals surface area contributed by atoms with Crippen LogP contribution < -0.4 is 21.5 Å². The van der Waals surface area contributed by atoms with Crippen molar-refractivity contribution in [2.24, 2.45) is 5.73 Å². The molecule has 0 aliphatic rings. The van der Waals surface area contributed by atoms with Crippen molar-refractivity contribution in [3.63, 3.8) is 0 Å². The Hall–Kier alpha value is -4.19. The minimum Gasteiger partial charge on any atom is -0.483 e. The number of aryl methyl sites for hydroxylation is 1. The smallest absolute Gasteiger partial charge is 0.290 e. The number of hydrogen-bond acceptors (Lipinski definition) is 9. The van der Waals surface area contributed by atoms with Crippen LogP contribution in [0.4, 0.5) is 20.3 Å². The highest BCUT2D eigenvalue weighted by molar-refractivity contribution is 5.71. The number of nitrogens with zero attached hydrogens (tertiary/aromatic N) is 3. The summed E-state index contributed by atoms with van der Waals surface area (Å²) in [6.07, 6.45) is 2.13. The van der Waals surface area contributed by atoms with Gasteiger partial charge in [0.25, 0.3) is 6.47 Å². The van der Waals surface area contributed by atoms with E-state index in [1.165, 1.54) is 19.9 Å². The fraction of sp³-hybridized carbons (Fsp3) is 0.346. The minimum absolute atomic E-state index is 0.0742. The molecule has 3 rings (SSSR count). The lowest BCUT2D eigenvalue weighted by atomic mass is 10.0. The molecule has 10 nitrogen and oxygen atoms in total. The number of carboxylic acid groups (broad SMARTS) is 1. The number of nitrogen functional groups attached to an aromatic ring is 1. The molecule has 2 heterocycles. The molecule has 0 spiro atoms. The summed E-state index contributed by atoms with van der Waals surface area (Å²) in [7, 11) is 1.79. The number of anilines is 2. The van der Waals surface area contributed by atoms with Crippen LogP contribution in [0.25, 0.3) is 22.6 Å². The van der Waals surface area contributed by atoms with E-state index in [1.54, 1.807) is 25.4 Å². The molecule has 0 amide bonds. The van der Waals surface area contributed by atoms with Crippen LogP contribution in [0.5, 0.6) is 5.88 Å². The van der Waals surface area contributed by atoms with Gasteiger partial charge >= 0.3 is 0 Å². The molecule has 1 aromatic carbocycles. The van der Waals surface area contributed by atoms with Gasteiger partial charge in [-0.25, -0.2) is 18.7 Å². The van der Waals surface area contributed by atoms with Crippen LogP contribution in [-0.4, -0.2) is 59.2 Å². The number of halogens is 2. The van der Waals surface area contributed by atoms with E-state index >= 15 is 0 Å². The van der Waals surface area contributed by atoms with Gasteiger partial charge in [0, 0.05) is 30.4 Å². The molecule has 3 aromatic rings. The van der Waals surface area contributed by atoms with Gasteiger partial charge in [0.05, 0.1) is 18.0 Å². The normalized spacial score (nSPS) is 9.89. The number of carbonyl (C=O) groups is 2. The van der Waals surface area contributed by atoms with Crippen molar-refractivity contribution in [1.82, 2.24) is 15.0 Å². The average Bonchev–Trinajstić information content (AvgIpc) is 2.87. The first-order valence-electron chi connectivity index (χ1n) is 11.5. The number of nitrogens with two attached hydrogens (primary N) is 2. The summed E-state index contributed by atoms with van der Waals surface area (Å²) in [6.45, 7) is 9.40. The minimum atomic E-state index is -1.07. The number of aromatic nitrogens is 3. The quantitative estimate of drug-likeness (QED) is 0.254. The van der Waals surface area contributed by atoms with E-state index in [9.17, 15) is 8.78 Å². The summed E-state index contributed by atoms with van der Waals surface area (Å²) in [5.74, 6) is 1.19. The van der Waals surface area contributed by atoms with E-state index in [-0.39, 0.29) is 12.2 Å². The first kappa shape index (κ1) is 33.8. The van der Waals surface area contributed by atoms with Gasteiger partial charge in [-0.15, -0.1) is 0 Å².